The number of carbonyl (C=O) groups excluding carboxylic acids is 1. The summed E-state index contributed by atoms with van der Waals surface area (Å²) in [5, 5.41) is 12.6. The van der Waals surface area contributed by atoms with Crippen LogP contribution in [0.2, 0.25) is 0 Å². The van der Waals surface area contributed by atoms with Crippen molar-refractivity contribution in [3.05, 3.63) is 29.3 Å². The van der Waals surface area contributed by atoms with Gasteiger partial charge in [-0.1, -0.05) is 6.07 Å². The molecule has 5 nitrogen and oxygen atoms in total. The van der Waals surface area contributed by atoms with E-state index in [1.807, 2.05) is 32.0 Å². The van der Waals surface area contributed by atoms with E-state index in [4.69, 9.17) is 10.00 Å². The summed E-state index contributed by atoms with van der Waals surface area (Å²) in [5.41, 5.74) is 2.67. The molecule has 0 bridgehead atoms. The molecule has 0 radical (unpaired) electrons. The second kappa shape index (κ2) is 6.98. The predicted octanol–water partition coefficient (Wildman–Crippen LogP) is 2.90. The van der Waals surface area contributed by atoms with Crippen LogP contribution in [0.25, 0.3) is 0 Å². The van der Waals surface area contributed by atoms with Gasteiger partial charge in [-0.25, -0.2) is 4.79 Å². The van der Waals surface area contributed by atoms with Crippen molar-refractivity contribution in [1.82, 2.24) is 4.90 Å². The quantitative estimate of drug-likeness (QED) is 0.928. The SMILES string of the molecule is CCOC(=O)N1CCC(Nc2cc(C)ccc2C#N)CC1. The standard InChI is InChI=1S/C16H21N3O2/c1-3-21-16(20)19-8-6-14(7-9-19)18-15-10-12(2)4-5-13(15)11-17/h4-5,10,14,18H,3,6-9H2,1-2H3. The number of benzene rings is 1. The van der Waals surface area contributed by atoms with Gasteiger partial charge < -0.3 is 15.0 Å². The van der Waals surface area contributed by atoms with Gasteiger partial charge in [-0.3, -0.25) is 0 Å². The number of likely N-dealkylation sites (tertiary alicyclic amines) is 1. The average Bonchev–Trinajstić information content (AvgIpc) is 2.48. The first-order valence-electron chi connectivity index (χ1n) is 7.33. The third-order valence-electron chi connectivity index (χ3n) is 3.68. The van der Waals surface area contributed by atoms with Gasteiger partial charge in [0.15, 0.2) is 0 Å². The highest BCUT2D eigenvalue weighted by Crippen LogP contribution is 2.21. The van der Waals surface area contributed by atoms with E-state index in [-0.39, 0.29) is 12.1 Å². The normalized spacial score (nSPS) is 15.4. The van der Waals surface area contributed by atoms with Crippen LogP contribution in [0.5, 0.6) is 0 Å². The summed E-state index contributed by atoms with van der Waals surface area (Å²) in [6, 6.07) is 8.26. The molecule has 1 amide bonds. The summed E-state index contributed by atoms with van der Waals surface area (Å²) in [5.74, 6) is 0. The van der Waals surface area contributed by atoms with Crippen molar-refractivity contribution in [2.45, 2.75) is 32.7 Å². The average molecular weight is 287 g/mol. The topological polar surface area (TPSA) is 65.4 Å². The Morgan fingerprint density at radius 1 is 1.48 bits per heavy atom. The number of anilines is 1. The number of amides is 1. The number of ether oxygens (including phenoxy) is 1. The van der Waals surface area contributed by atoms with Crippen molar-refractivity contribution in [2.75, 3.05) is 25.0 Å². The molecule has 2 rings (SSSR count). The molecule has 1 aromatic rings. The molecular weight excluding hydrogens is 266 g/mol. The lowest BCUT2D eigenvalue weighted by Gasteiger charge is -2.32. The number of rotatable bonds is 3. The Kier molecular flexibility index (Phi) is 5.04. The molecule has 5 heteroatoms. The van der Waals surface area contributed by atoms with Gasteiger partial charge in [0.25, 0.3) is 0 Å². The first kappa shape index (κ1) is 15.2. The molecule has 1 N–H and O–H groups in total. The lowest BCUT2D eigenvalue weighted by molar-refractivity contribution is 0.0983. The zero-order chi connectivity index (χ0) is 15.2. The number of aryl methyl sites for hydroxylation is 1. The van der Waals surface area contributed by atoms with Gasteiger partial charge in [0, 0.05) is 19.1 Å². The summed E-state index contributed by atoms with van der Waals surface area (Å²) < 4.78 is 5.01. The van der Waals surface area contributed by atoms with E-state index in [1.165, 1.54) is 0 Å². The summed E-state index contributed by atoms with van der Waals surface area (Å²) in [6.07, 6.45) is 1.49. The summed E-state index contributed by atoms with van der Waals surface area (Å²) in [6.45, 7) is 5.60. The van der Waals surface area contributed by atoms with Gasteiger partial charge in [0.2, 0.25) is 0 Å². The summed E-state index contributed by atoms with van der Waals surface area (Å²) >= 11 is 0. The van der Waals surface area contributed by atoms with Crippen LogP contribution in [0.15, 0.2) is 18.2 Å². The number of hydrogen-bond donors (Lipinski definition) is 1. The van der Waals surface area contributed by atoms with Crippen LogP contribution >= 0.6 is 0 Å². The molecule has 0 aliphatic carbocycles. The smallest absolute Gasteiger partial charge is 0.409 e. The molecule has 1 heterocycles. The molecule has 1 aliphatic rings. The first-order valence-corrected chi connectivity index (χ1v) is 7.33. The minimum Gasteiger partial charge on any atom is -0.450 e. The molecule has 21 heavy (non-hydrogen) atoms. The van der Waals surface area contributed by atoms with Crippen molar-refractivity contribution in [1.29, 1.82) is 5.26 Å². The number of hydrogen-bond acceptors (Lipinski definition) is 4. The Hall–Kier alpha value is -2.22. The molecule has 112 valence electrons. The molecule has 0 unspecified atom stereocenters. The molecule has 0 atom stereocenters. The van der Waals surface area contributed by atoms with Crippen molar-refractivity contribution in [2.24, 2.45) is 0 Å². The molecule has 0 aromatic heterocycles. The maximum absolute atomic E-state index is 11.6. The fraction of sp³-hybridized carbons (Fsp3) is 0.500. The van der Waals surface area contributed by atoms with Crippen LogP contribution in [0.3, 0.4) is 0 Å². The predicted molar refractivity (Wildman–Crippen MR) is 81.1 cm³/mol. The second-order valence-corrected chi connectivity index (χ2v) is 5.27. The lowest BCUT2D eigenvalue weighted by Crippen LogP contribution is -2.42. The van der Waals surface area contributed by atoms with E-state index in [0.29, 0.717) is 25.3 Å². The number of nitrogens with zero attached hydrogens (tertiary/aromatic N) is 2. The Morgan fingerprint density at radius 3 is 2.81 bits per heavy atom. The third kappa shape index (κ3) is 3.88. The molecule has 1 aliphatic heterocycles. The highest BCUT2D eigenvalue weighted by molar-refractivity contribution is 5.67. The lowest BCUT2D eigenvalue weighted by atomic mass is 10.0. The molecule has 1 saturated heterocycles. The fourth-order valence-electron chi connectivity index (χ4n) is 2.52. The van der Waals surface area contributed by atoms with E-state index < -0.39 is 0 Å². The van der Waals surface area contributed by atoms with E-state index in [1.54, 1.807) is 4.90 Å². The van der Waals surface area contributed by atoms with Crippen LogP contribution in [-0.2, 0) is 4.74 Å². The van der Waals surface area contributed by atoms with Crippen LogP contribution in [-0.4, -0.2) is 36.7 Å². The Bertz CT molecular complexity index is 543. The summed E-state index contributed by atoms with van der Waals surface area (Å²) in [4.78, 5) is 13.4. The Balaban J connectivity index is 1.94. The van der Waals surface area contributed by atoms with E-state index in [2.05, 4.69) is 11.4 Å². The van der Waals surface area contributed by atoms with E-state index in [9.17, 15) is 4.79 Å². The van der Waals surface area contributed by atoms with Crippen LogP contribution in [0.4, 0.5) is 10.5 Å². The Labute approximate surface area is 125 Å². The zero-order valence-electron chi connectivity index (χ0n) is 12.6. The summed E-state index contributed by atoms with van der Waals surface area (Å²) in [7, 11) is 0. The first-order chi connectivity index (χ1) is 10.1. The van der Waals surface area contributed by atoms with Gasteiger partial charge in [-0.05, 0) is 44.4 Å². The van der Waals surface area contributed by atoms with E-state index in [0.717, 1.165) is 24.1 Å². The maximum atomic E-state index is 11.6. The van der Waals surface area contributed by atoms with Crippen molar-refractivity contribution in [3.8, 4) is 6.07 Å². The van der Waals surface area contributed by atoms with E-state index >= 15 is 0 Å². The van der Waals surface area contributed by atoms with Crippen molar-refractivity contribution < 1.29 is 9.53 Å². The van der Waals surface area contributed by atoms with Gasteiger partial charge >= 0.3 is 6.09 Å². The minimum atomic E-state index is -0.232. The molecular formula is C16H21N3O2. The minimum absolute atomic E-state index is 0.232. The highest BCUT2D eigenvalue weighted by Gasteiger charge is 2.23. The monoisotopic (exact) mass is 287 g/mol. The fourth-order valence-corrected chi connectivity index (χ4v) is 2.52. The largest absolute Gasteiger partial charge is 0.450 e. The van der Waals surface area contributed by atoms with Gasteiger partial charge in [0.1, 0.15) is 6.07 Å². The van der Waals surface area contributed by atoms with Crippen molar-refractivity contribution in [3.63, 3.8) is 0 Å². The molecule has 1 fully saturated rings. The van der Waals surface area contributed by atoms with Gasteiger partial charge in [-0.2, -0.15) is 5.26 Å². The number of nitriles is 1. The van der Waals surface area contributed by atoms with Crippen LogP contribution < -0.4 is 5.32 Å². The van der Waals surface area contributed by atoms with Crippen molar-refractivity contribution >= 4 is 11.8 Å². The Morgan fingerprint density at radius 2 is 2.19 bits per heavy atom. The van der Waals surface area contributed by atoms with Crippen LogP contribution in [0, 0.1) is 18.3 Å². The zero-order valence-corrected chi connectivity index (χ0v) is 12.6. The molecule has 1 aromatic carbocycles. The second-order valence-electron chi connectivity index (χ2n) is 5.27. The van der Waals surface area contributed by atoms with Gasteiger partial charge in [-0.15, -0.1) is 0 Å². The molecule has 0 saturated carbocycles. The van der Waals surface area contributed by atoms with Gasteiger partial charge in [0.05, 0.1) is 17.9 Å². The third-order valence-corrected chi connectivity index (χ3v) is 3.68. The van der Waals surface area contributed by atoms with Crippen LogP contribution in [0.1, 0.15) is 30.9 Å². The maximum Gasteiger partial charge on any atom is 0.409 e. The molecule has 0 spiro atoms. The number of piperidine rings is 1. The highest BCUT2D eigenvalue weighted by atomic mass is 16.6. The number of nitrogens with one attached hydrogen (secondary N) is 1. The number of carbonyl (C=O) groups is 1.